The molecule has 0 radical (unpaired) electrons. The molecule has 3 aromatic rings. The topological polar surface area (TPSA) is 117 Å². The summed E-state index contributed by atoms with van der Waals surface area (Å²) in [5.74, 6) is -1.25. The number of fused-ring (bicyclic) bond motifs is 1. The molecule has 218 valence electrons. The standard InChI is InChI=1S/C29H33ClF2N6O3/c1-37-15-34-25(26(37)28(40)35-20-4-5-22(31)21(30)11-20)17-9-18-12-29(41,13-19(18)10-17)27-23(32)24(36-38(27)7-8-39)16-3-2-6-33-14-16/h3-5,11,15,17-19,33,39,41H,2,6-10,12-14H2,1H3,(H,35,40). The Morgan fingerprint density at radius 1 is 1.27 bits per heavy atom. The van der Waals surface area contributed by atoms with Crippen molar-refractivity contribution in [3.63, 3.8) is 0 Å². The highest BCUT2D eigenvalue weighted by Gasteiger charge is 2.53. The lowest BCUT2D eigenvalue weighted by atomic mass is 9.89. The van der Waals surface area contributed by atoms with Crippen LogP contribution >= 0.6 is 11.6 Å². The first-order chi connectivity index (χ1) is 19.7. The van der Waals surface area contributed by atoms with E-state index in [9.17, 15) is 19.4 Å². The normalized spacial score (nSPS) is 25.8. The molecule has 3 aliphatic rings. The predicted molar refractivity (Wildman–Crippen MR) is 149 cm³/mol. The zero-order valence-corrected chi connectivity index (χ0v) is 23.5. The number of aliphatic hydroxyl groups excluding tert-OH is 1. The fourth-order valence-corrected chi connectivity index (χ4v) is 7.22. The molecule has 0 saturated heterocycles. The molecule has 1 aromatic carbocycles. The zero-order valence-electron chi connectivity index (χ0n) is 22.7. The molecule has 6 rings (SSSR count). The smallest absolute Gasteiger partial charge is 0.274 e. The first-order valence-corrected chi connectivity index (χ1v) is 14.3. The minimum Gasteiger partial charge on any atom is -0.394 e. The Hall–Kier alpha value is -3.12. The number of aliphatic hydroxyl groups is 2. The Morgan fingerprint density at radius 2 is 2.02 bits per heavy atom. The number of nitrogens with one attached hydrogen (secondary N) is 2. The molecule has 1 aliphatic heterocycles. The van der Waals surface area contributed by atoms with Crippen molar-refractivity contribution in [1.29, 1.82) is 0 Å². The van der Waals surface area contributed by atoms with Gasteiger partial charge in [-0.3, -0.25) is 9.48 Å². The van der Waals surface area contributed by atoms with Crippen LogP contribution in [0.5, 0.6) is 0 Å². The summed E-state index contributed by atoms with van der Waals surface area (Å²) < 4.78 is 32.6. The largest absolute Gasteiger partial charge is 0.394 e. The zero-order chi connectivity index (χ0) is 28.9. The van der Waals surface area contributed by atoms with Crippen LogP contribution in [0.1, 0.15) is 65.6 Å². The quantitative estimate of drug-likeness (QED) is 0.333. The number of carbonyl (C=O) groups is 1. The highest BCUT2D eigenvalue weighted by atomic mass is 35.5. The number of aromatic nitrogens is 4. The second-order valence-corrected chi connectivity index (χ2v) is 11.9. The average Bonchev–Trinajstić information content (AvgIpc) is 3.67. The lowest BCUT2D eigenvalue weighted by molar-refractivity contribution is 0.0209. The van der Waals surface area contributed by atoms with E-state index in [4.69, 9.17) is 11.6 Å². The number of hydrogen-bond donors (Lipinski definition) is 4. The van der Waals surface area contributed by atoms with Gasteiger partial charge in [0.25, 0.3) is 5.91 Å². The monoisotopic (exact) mass is 586 g/mol. The van der Waals surface area contributed by atoms with Crippen LogP contribution in [0.25, 0.3) is 5.57 Å². The van der Waals surface area contributed by atoms with Gasteiger partial charge in [0.15, 0.2) is 5.82 Å². The van der Waals surface area contributed by atoms with Crippen LogP contribution in [0.2, 0.25) is 5.02 Å². The molecule has 2 aromatic heterocycles. The molecule has 2 aliphatic carbocycles. The van der Waals surface area contributed by atoms with Gasteiger partial charge in [0.05, 0.1) is 30.2 Å². The second kappa shape index (κ2) is 10.9. The molecule has 9 nitrogen and oxygen atoms in total. The molecule has 2 saturated carbocycles. The summed E-state index contributed by atoms with van der Waals surface area (Å²) >= 11 is 5.88. The summed E-state index contributed by atoms with van der Waals surface area (Å²) in [5.41, 5.74) is 1.20. The number of amides is 1. The minimum atomic E-state index is -1.40. The first-order valence-electron chi connectivity index (χ1n) is 14.0. The van der Waals surface area contributed by atoms with Crippen molar-refractivity contribution in [2.24, 2.45) is 18.9 Å². The molecule has 0 bridgehead atoms. The van der Waals surface area contributed by atoms with Gasteiger partial charge in [-0.15, -0.1) is 0 Å². The molecular formula is C29H33ClF2N6O3. The molecule has 12 heteroatoms. The number of rotatable bonds is 7. The number of nitrogens with zero attached hydrogens (tertiary/aromatic N) is 4. The fraction of sp³-hybridized carbons (Fsp3) is 0.483. The Bertz CT molecular complexity index is 1500. The van der Waals surface area contributed by atoms with Crippen molar-refractivity contribution in [2.75, 3.05) is 25.0 Å². The number of halogens is 3. The molecule has 2 atom stereocenters. The molecule has 2 fully saturated rings. The highest BCUT2D eigenvalue weighted by molar-refractivity contribution is 6.31. The lowest BCUT2D eigenvalue weighted by Gasteiger charge is -2.26. The number of hydrogen-bond acceptors (Lipinski definition) is 6. The molecular weight excluding hydrogens is 554 g/mol. The summed E-state index contributed by atoms with van der Waals surface area (Å²) in [6.45, 7) is 1.21. The Morgan fingerprint density at radius 3 is 2.68 bits per heavy atom. The third-order valence-corrected chi connectivity index (χ3v) is 9.05. The molecule has 1 amide bonds. The molecule has 0 spiro atoms. The van der Waals surface area contributed by atoms with E-state index in [1.807, 2.05) is 6.08 Å². The average molecular weight is 587 g/mol. The van der Waals surface area contributed by atoms with Gasteiger partial charge in [-0.1, -0.05) is 17.7 Å². The van der Waals surface area contributed by atoms with E-state index in [0.717, 1.165) is 18.5 Å². The maximum atomic E-state index is 15.9. The van der Waals surface area contributed by atoms with E-state index >= 15 is 4.39 Å². The van der Waals surface area contributed by atoms with Gasteiger partial charge < -0.3 is 25.4 Å². The van der Waals surface area contributed by atoms with Gasteiger partial charge in [-0.25, -0.2) is 13.8 Å². The van der Waals surface area contributed by atoms with Crippen LogP contribution in [0.15, 0.2) is 30.6 Å². The van der Waals surface area contributed by atoms with Crippen molar-refractivity contribution in [3.8, 4) is 0 Å². The van der Waals surface area contributed by atoms with Crippen LogP contribution in [-0.4, -0.2) is 55.1 Å². The summed E-state index contributed by atoms with van der Waals surface area (Å²) in [7, 11) is 1.75. The van der Waals surface area contributed by atoms with E-state index in [0.29, 0.717) is 49.3 Å². The van der Waals surface area contributed by atoms with Crippen LogP contribution in [-0.2, 0) is 19.2 Å². The van der Waals surface area contributed by atoms with Crippen LogP contribution < -0.4 is 10.6 Å². The van der Waals surface area contributed by atoms with Crippen molar-refractivity contribution < 1.29 is 23.8 Å². The Kier molecular flexibility index (Phi) is 7.48. The van der Waals surface area contributed by atoms with Gasteiger partial charge in [0, 0.05) is 25.2 Å². The van der Waals surface area contributed by atoms with E-state index in [-0.39, 0.29) is 53.2 Å². The third-order valence-electron chi connectivity index (χ3n) is 8.76. The van der Waals surface area contributed by atoms with Crippen LogP contribution in [0.4, 0.5) is 14.5 Å². The van der Waals surface area contributed by atoms with E-state index in [1.54, 1.807) is 17.9 Å². The van der Waals surface area contributed by atoms with Crippen LogP contribution in [0, 0.1) is 23.5 Å². The fourth-order valence-electron chi connectivity index (χ4n) is 7.04. The Labute approximate surface area is 241 Å². The number of imidazole rings is 1. The number of anilines is 1. The van der Waals surface area contributed by atoms with Crippen molar-refractivity contribution >= 4 is 28.8 Å². The maximum Gasteiger partial charge on any atom is 0.274 e. The summed E-state index contributed by atoms with van der Waals surface area (Å²) in [6, 6.07) is 4.00. The predicted octanol–water partition coefficient (Wildman–Crippen LogP) is 3.96. The van der Waals surface area contributed by atoms with Crippen molar-refractivity contribution in [3.05, 3.63) is 70.0 Å². The maximum absolute atomic E-state index is 15.9. The first kappa shape index (κ1) is 28.0. The van der Waals surface area contributed by atoms with Crippen molar-refractivity contribution in [2.45, 2.75) is 50.2 Å². The number of carbonyl (C=O) groups excluding carboxylic acids is 1. The third kappa shape index (κ3) is 5.09. The number of aryl methyl sites for hydroxylation is 1. The van der Waals surface area contributed by atoms with E-state index in [2.05, 4.69) is 20.7 Å². The lowest BCUT2D eigenvalue weighted by Crippen LogP contribution is -2.29. The second-order valence-electron chi connectivity index (χ2n) is 11.5. The Balaban J connectivity index is 1.21. The summed E-state index contributed by atoms with van der Waals surface area (Å²) in [5, 5.41) is 31.9. The van der Waals surface area contributed by atoms with Gasteiger partial charge in [0.1, 0.15) is 28.5 Å². The van der Waals surface area contributed by atoms with E-state index < -0.39 is 17.2 Å². The minimum absolute atomic E-state index is 0.00506. The molecule has 41 heavy (non-hydrogen) atoms. The van der Waals surface area contributed by atoms with Gasteiger partial charge >= 0.3 is 0 Å². The van der Waals surface area contributed by atoms with Gasteiger partial charge in [-0.2, -0.15) is 5.10 Å². The summed E-state index contributed by atoms with van der Waals surface area (Å²) in [6.07, 6.45) is 6.47. The van der Waals surface area contributed by atoms with Crippen molar-refractivity contribution in [1.82, 2.24) is 24.6 Å². The van der Waals surface area contributed by atoms with Crippen LogP contribution in [0.3, 0.4) is 0 Å². The molecule has 4 N–H and O–H groups in total. The van der Waals surface area contributed by atoms with E-state index in [1.165, 1.54) is 22.9 Å². The molecule has 3 heterocycles. The molecule has 2 unspecified atom stereocenters. The number of benzene rings is 1. The highest BCUT2D eigenvalue weighted by Crippen LogP contribution is 2.57. The van der Waals surface area contributed by atoms with Gasteiger partial charge in [-0.05, 0) is 74.3 Å². The summed E-state index contributed by atoms with van der Waals surface area (Å²) in [4.78, 5) is 17.8. The van der Waals surface area contributed by atoms with Gasteiger partial charge in [0.2, 0.25) is 0 Å². The SMILES string of the molecule is Cn1cnc(C2CC3CC(O)(c4c(F)c(C5=CCCNC5)nn4CCO)CC3C2)c1C(=O)Nc1ccc(F)c(Cl)c1.